The minimum atomic E-state index is -4.25. The summed E-state index contributed by atoms with van der Waals surface area (Å²) in [6, 6.07) is 5.38. The standard InChI is InChI=1S/C15H19F3/c1-11(2)5-4-6-12(3)13-7-9-14(10-8-13)15(16,17)18/h4,6-12H,5H2,1-3H3/b6-4+/t12-/m1/s1. The largest absolute Gasteiger partial charge is 0.416 e. The van der Waals surface area contributed by atoms with Crippen LogP contribution in [0.15, 0.2) is 36.4 Å². The normalized spacial score (nSPS) is 14.4. The van der Waals surface area contributed by atoms with E-state index in [4.69, 9.17) is 0 Å². The smallest absolute Gasteiger partial charge is 0.166 e. The third-order valence-electron chi connectivity index (χ3n) is 2.80. The molecule has 1 atom stereocenters. The summed E-state index contributed by atoms with van der Waals surface area (Å²) in [5.41, 5.74) is 0.313. The van der Waals surface area contributed by atoms with Crippen LogP contribution >= 0.6 is 0 Å². The first-order valence-corrected chi connectivity index (χ1v) is 6.14. The Bertz CT molecular complexity index is 385. The molecule has 0 unspecified atom stereocenters. The zero-order chi connectivity index (χ0) is 13.8. The highest BCUT2D eigenvalue weighted by Gasteiger charge is 2.29. The van der Waals surface area contributed by atoms with Crippen LogP contribution in [0.2, 0.25) is 0 Å². The zero-order valence-corrected chi connectivity index (χ0v) is 11.0. The van der Waals surface area contributed by atoms with Crippen LogP contribution in [0.25, 0.3) is 0 Å². The average Bonchev–Trinajstić information content (AvgIpc) is 2.27. The summed E-state index contributed by atoms with van der Waals surface area (Å²) in [6.45, 7) is 6.25. The van der Waals surface area contributed by atoms with Gasteiger partial charge in [0.25, 0.3) is 0 Å². The number of allylic oxidation sites excluding steroid dienone is 2. The van der Waals surface area contributed by atoms with Gasteiger partial charge in [0.2, 0.25) is 0 Å². The van der Waals surface area contributed by atoms with Gasteiger partial charge >= 0.3 is 6.18 Å². The second-order valence-corrected chi connectivity index (χ2v) is 4.97. The van der Waals surface area contributed by atoms with Crippen molar-refractivity contribution in [3.8, 4) is 0 Å². The molecular formula is C15H19F3. The lowest BCUT2D eigenvalue weighted by molar-refractivity contribution is -0.137. The highest BCUT2D eigenvalue weighted by atomic mass is 19.4. The van der Waals surface area contributed by atoms with Crippen molar-refractivity contribution < 1.29 is 13.2 Å². The number of benzene rings is 1. The van der Waals surface area contributed by atoms with E-state index in [1.807, 2.05) is 13.0 Å². The quantitative estimate of drug-likeness (QED) is 0.632. The molecule has 0 heterocycles. The Balaban J connectivity index is 2.70. The first kappa shape index (κ1) is 14.8. The molecule has 1 aromatic rings. The van der Waals surface area contributed by atoms with Crippen molar-refractivity contribution in [3.63, 3.8) is 0 Å². The average molecular weight is 256 g/mol. The van der Waals surface area contributed by atoms with Gasteiger partial charge < -0.3 is 0 Å². The summed E-state index contributed by atoms with van der Waals surface area (Å²) in [6.07, 6.45) is 0.871. The van der Waals surface area contributed by atoms with E-state index in [0.29, 0.717) is 5.92 Å². The van der Waals surface area contributed by atoms with E-state index in [-0.39, 0.29) is 5.92 Å². The molecule has 1 aromatic carbocycles. The Morgan fingerprint density at radius 1 is 1.06 bits per heavy atom. The summed E-state index contributed by atoms with van der Waals surface area (Å²) in [5.74, 6) is 0.743. The van der Waals surface area contributed by atoms with E-state index in [2.05, 4.69) is 19.9 Å². The van der Waals surface area contributed by atoms with Gasteiger partial charge in [0.05, 0.1) is 5.56 Å². The van der Waals surface area contributed by atoms with E-state index >= 15 is 0 Å². The van der Waals surface area contributed by atoms with Crippen molar-refractivity contribution in [1.29, 1.82) is 0 Å². The van der Waals surface area contributed by atoms with Gasteiger partial charge in [0.1, 0.15) is 0 Å². The zero-order valence-electron chi connectivity index (χ0n) is 11.0. The number of hydrogen-bond donors (Lipinski definition) is 0. The lowest BCUT2D eigenvalue weighted by Gasteiger charge is -2.10. The van der Waals surface area contributed by atoms with Gasteiger partial charge in [-0.3, -0.25) is 0 Å². The van der Waals surface area contributed by atoms with Crippen LogP contribution in [-0.2, 0) is 6.18 Å². The molecule has 1 rings (SSSR count). The summed E-state index contributed by atoms with van der Waals surface area (Å²) < 4.78 is 37.2. The van der Waals surface area contributed by atoms with Crippen molar-refractivity contribution in [2.24, 2.45) is 5.92 Å². The molecule has 0 spiro atoms. The summed E-state index contributed by atoms with van der Waals surface area (Å²) in [7, 11) is 0. The van der Waals surface area contributed by atoms with Gasteiger partial charge in [-0.1, -0.05) is 45.1 Å². The molecule has 3 heteroatoms. The number of rotatable bonds is 4. The van der Waals surface area contributed by atoms with E-state index in [1.54, 1.807) is 12.1 Å². The Hall–Kier alpha value is -1.25. The molecule has 0 nitrogen and oxygen atoms in total. The Morgan fingerprint density at radius 2 is 1.61 bits per heavy atom. The maximum Gasteiger partial charge on any atom is 0.416 e. The summed E-state index contributed by atoms with van der Waals surface area (Å²) in [4.78, 5) is 0. The molecule has 0 aliphatic heterocycles. The predicted molar refractivity (Wildman–Crippen MR) is 68.5 cm³/mol. The van der Waals surface area contributed by atoms with Crippen LogP contribution in [0.3, 0.4) is 0 Å². The molecule has 0 saturated heterocycles. The topological polar surface area (TPSA) is 0 Å². The lowest BCUT2D eigenvalue weighted by Crippen LogP contribution is -2.04. The first-order chi connectivity index (χ1) is 8.30. The Kier molecular flexibility index (Phi) is 5.00. The van der Waals surface area contributed by atoms with E-state index in [0.717, 1.165) is 24.1 Å². The van der Waals surface area contributed by atoms with Crippen molar-refractivity contribution in [3.05, 3.63) is 47.5 Å². The molecule has 0 aromatic heterocycles. The molecule has 0 bridgehead atoms. The number of alkyl halides is 3. The molecule has 0 N–H and O–H groups in total. The minimum absolute atomic E-state index is 0.144. The Labute approximate surface area is 107 Å². The molecule has 0 fully saturated rings. The minimum Gasteiger partial charge on any atom is -0.166 e. The summed E-state index contributed by atoms with van der Waals surface area (Å²) in [5, 5.41) is 0. The monoisotopic (exact) mass is 256 g/mol. The summed E-state index contributed by atoms with van der Waals surface area (Å²) >= 11 is 0. The SMILES string of the molecule is CC(C)C/C=C/[C@@H](C)c1ccc(C(F)(F)F)cc1. The van der Waals surface area contributed by atoms with Crippen molar-refractivity contribution in [2.45, 2.75) is 39.3 Å². The molecule has 0 saturated carbocycles. The van der Waals surface area contributed by atoms with Crippen molar-refractivity contribution >= 4 is 0 Å². The van der Waals surface area contributed by atoms with Crippen LogP contribution < -0.4 is 0 Å². The van der Waals surface area contributed by atoms with Crippen molar-refractivity contribution in [1.82, 2.24) is 0 Å². The molecule has 0 aliphatic carbocycles. The van der Waals surface area contributed by atoms with Gasteiger partial charge in [-0.05, 0) is 36.0 Å². The van der Waals surface area contributed by atoms with Gasteiger partial charge in [0.15, 0.2) is 0 Å². The molecular weight excluding hydrogens is 237 g/mol. The fourth-order valence-electron chi connectivity index (χ4n) is 1.64. The van der Waals surface area contributed by atoms with Crippen LogP contribution in [0.1, 0.15) is 44.2 Å². The fourth-order valence-corrected chi connectivity index (χ4v) is 1.64. The third kappa shape index (κ3) is 4.55. The van der Waals surface area contributed by atoms with Crippen molar-refractivity contribution in [2.75, 3.05) is 0 Å². The lowest BCUT2D eigenvalue weighted by atomic mass is 9.98. The van der Waals surface area contributed by atoms with Crippen LogP contribution in [0.4, 0.5) is 13.2 Å². The van der Waals surface area contributed by atoms with Crippen LogP contribution in [-0.4, -0.2) is 0 Å². The van der Waals surface area contributed by atoms with Crippen LogP contribution in [0.5, 0.6) is 0 Å². The third-order valence-corrected chi connectivity index (χ3v) is 2.80. The van der Waals surface area contributed by atoms with Gasteiger partial charge in [-0.25, -0.2) is 0 Å². The molecule has 0 amide bonds. The highest BCUT2D eigenvalue weighted by molar-refractivity contribution is 5.28. The van der Waals surface area contributed by atoms with E-state index < -0.39 is 11.7 Å². The van der Waals surface area contributed by atoms with E-state index in [1.165, 1.54) is 0 Å². The first-order valence-electron chi connectivity index (χ1n) is 6.14. The fraction of sp³-hybridized carbons (Fsp3) is 0.467. The second-order valence-electron chi connectivity index (χ2n) is 4.97. The molecule has 18 heavy (non-hydrogen) atoms. The maximum atomic E-state index is 12.4. The second kappa shape index (κ2) is 6.07. The molecule has 0 radical (unpaired) electrons. The Morgan fingerprint density at radius 3 is 2.06 bits per heavy atom. The predicted octanol–water partition coefficient (Wildman–Crippen LogP) is 5.41. The van der Waals surface area contributed by atoms with Gasteiger partial charge in [-0.2, -0.15) is 13.2 Å². The maximum absolute atomic E-state index is 12.4. The molecule has 0 aliphatic rings. The number of halogens is 3. The highest BCUT2D eigenvalue weighted by Crippen LogP contribution is 2.30. The van der Waals surface area contributed by atoms with Gasteiger partial charge in [0, 0.05) is 0 Å². The van der Waals surface area contributed by atoms with E-state index in [9.17, 15) is 13.2 Å². The van der Waals surface area contributed by atoms with Crippen LogP contribution in [0, 0.1) is 5.92 Å². The molecule has 100 valence electrons. The number of hydrogen-bond acceptors (Lipinski definition) is 0. The van der Waals surface area contributed by atoms with Gasteiger partial charge in [-0.15, -0.1) is 0 Å².